The standard InChI is InChI=1S/C24H21N3O4S/c1-15-19-21(27-18-10-8-17(9-11-18)23(28)30-2)25-14-26-22(19)32-20(15)24(29)31-13-12-16-6-4-3-5-7-16/h3-11,14H,12-13H2,1-2H3,(H,25,26,27). The SMILES string of the molecule is COC(=O)c1ccc(Nc2ncnc3sc(C(=O)OCCc4ccccc4)c(C)c23)cc1. The molecule has 0 unspecified atom stereocenters. The number of aromatic nitrogens is 2. The molecule has 0 aliphatic rings. The maximum atomic E-state index is 12.7. The lowest BCUT2D eigenvalue weighted by molar-refractivity contribution is 0.0513. The van der Waals surface area contributed by atoms with Gasteiger partial charge in [0.05, 0.1) is 24.7 Å². The minimum atomic E-state index is -0.398. The van der Waals surface area contributed by atoms with Crippen LogP contribution in [0.3, 0.4) is 0 Å². The van der Waals surface area contributed by atoms with Gasteiger partial charge in [0.1, 0.15) is 21.9 Å². The number of fused-ring (bicyclic) bond motifs is 1. The van der Waals surface area contributed by atoms with Gasteiger partial charge in [-0.2, -0.15) is 0 Å². The molecule has 0 saturated heterocycles. The Morgan fingerprint density at radius 3 is 2.47 bits per heavy atom. The smallest absolute Gasteiger partial charge is 0.348 e. The number of thiophene rings is 1. The molecule has 0 spiro atoms. The minimum absolute atomic E-state index is 0.305. The molecule has 0 aliphatic carbocycles. The van der Waals surface area contributed by atoms with Crippen LogP contribution in [0.5, 0.6) is 0 Å². The van der Waals surface area contributed by atoms with Crippen LogP contribution in [-0.2, 0) is 15.9 Å². The largest absolute Gasteiger partial charge is 0.465 e. The second-order valence-corrected chi connectivity index (χ2v) is 8.02. The van der Waals surface area contributed by atoms with Crippen molar-refractivity contribution in [2.75, 3.05) is 19.0 Å². The van der Waals surface area contributed by atoms with E-state index in [1.807, 2.05) is 37.3 Å². The molecule has 4 rings (SSSR count). The Morgan fingerprint density at radius 1 is 1.00 bits per heavy atom. The van der Waals surface area contributed by atoms with E-state index < -0.39 is 5.97 Å². The molecule has 0 radical (unpaired) electrons. The molecule has 0 bridgehead atoms. The molecule has 2 aromatic carbocycles. The number of carbonyl (C=O) groups excluding carboxylic acids is 2. The lowest BCUT2D eigenvalue weighted by Crippen LogP contribution is -2.07. The fraction of sp³-hybridized carbons (Fsp3) is 0.167. The highest BCUT2D eigenvalue weighted by Gasteiger charge is 2.20. The quantitative estimate of drug-likeness (QED) is 0.402. The van der Waals surface area contributed by atoms with Crippen LogP contribution in [0.15, 0.2) is 60.9 Å². The van der Waals surface area contributed by atoms with Crippen molar-refractivity contribution in [3.8, 4) is 0 Å². The maximum absolute atomic E-state index is 12.7. The zero-order valence-corrected chi connectivity index (χ0v) is 18.4. The Hall–Kier alpha value is -3.78. The third-order valence-corrected chi connectivity index (χ3v) is 6.13. The molecular formula is C24H21N3O4S. The maximum Gasteiger partial charge on any atom is 0.348 e. The van der Waals surface area contributed by atoms with Crippen molar-refractivity contribution < 1.29 is 19.1 Å². The zero-order valence-electron chi connectivity index (χ0n) is 17.6. The highest BCUT2D eigenvalue weighted by molar-refractivity contribution is 7.20. The summed E-state index contributed by atoms with van der Waals surface area (Å²) in [6.07, 6.45) is 2.11. The van der Waals surface area contributed by atoms with E-state index in [-0.39, 0.29) is 5.97 Å². The number of rotatable bonds is 7. The molecule has 0 saturated carbocycles. The van der Waals surface area contributed by atoms with E-state index in [0.717, 1.165) is 22.2 Å². The van der Waals surface area contributed by atoms with Crippen LogP contribution in [0.25, 0.3) is 10.2 Å². The van der Waals surface area contributed by atoms with Gasteiger partial charge in [-0.25, -0.2) is 19.6 Å². The van der Waals surface area contributed by atoms with Gasteiger partial charge in [0.2, 0.25) is 0 Å². The van der Waals surface area contributed by atoms with Gasteiger partial charge in [-0.15, -0.1) is 11.3 Å². The van der Waals surface area contributed by atoms with Gasteiger partial charge >= 0.3 is 11.9 Å². The summed E-state index contributed by atoms with van der Waals surface area (Å²) in [6, 6.07) is 16.8. The monoisotopic (exact) mass is 447 g/mol. The molecule has 0 fully saturated rings. The number of hydrogen-bond donors (Lipinski definition) is 1. The molecular weight excluding hydrogens is 426 g/mol. The second-order valence-electron chi connectivity index (χ2n) is 7.02. The van der Waals surface area contributed by atoms with Crippen molar-refractivity contribution in [3.63, 3.8) is 0 Å². The number of aryl methyl sites for hydroxylation is 1. The molecule has 162 valence electrons. The number of esters is 2. The van der Waals surface area contributed by atoms with Crippen LogP contribution in [0, 0.1) is 6.92 Å². The van der Waals surface area contributed by atoms with E-state index >= 15 is 0 Å². The predicted molar refractivity (Wildman–Crippen MR) is 124 cm³/mol. The summed E-state index contributed by atoms with van der Waals surface area (Å²) >= 11 is 1.29. The lowest BCUT2D eigenvalue weighted by atomic mass is 10.1. The first-order chi connectivity index (χ1) is 15.6. The van der Waals surface area contributed by atoms with Gasteiger partial charge in [-0.1, -0.05) is 30.3 Å². The summed E-state index contributed by atoms with van der Waals surface area (Å²) in [5.41, 5.74) is 3.08. The summed E-state index contributed by atoms with van der Waals surface area (Å²) in [7, 11) is 1.34. The summed E-state index contributed by atoms with van der Waals surface area (Å²) in [5, 5.41) is 4.01. The average Bonchev–Trinajstić information content (AvgIpc) is 3.17. The van der Waals surface area contributed by atoms with E-state index in [1.165, 1.54) is 24.8 Å². The summed E-state index contributed by atoms with van der Waals surface area (Å²) in [6.45, 7) is 2.17. The second kappa shape index (κ2) is 9.57. The molecule has 7 nitrogen and oxygen atoms in total. The van der Waals surface area contributed by atoms with Crippen molar-refractivity contribution in [1.29, 1.82) is 0 Å². The van der Waals surface area contributed by atoms with Gasteiger partial charge in [0.25, 0.3) is 0 Å². The molecule has 0 atom stereocenters. The summed E-state index contributed by atoms with van der Waals surface area (Å²) in [4.78, 5) is 34.2. The van der Waals surface area contributed by atoms with Crippen LogP contribution >= 0.6 is 11.3 Å². The van der Waals surface area contributed by atoms with Crippen LogP contribution in [0.1, 0.15) is 31.2 Å². The van der Waals surface area contributed by atoms with Gasteiger partial charge in [-0.3, -0.25) is 0 Å². The number of nitrogens with zero attached hydrogens (tertiary/aromatic N) is 2. The van der Waals surface area contributed by atoms with Crippen molar-refractivity contribution in [3.05, 3.63) is 82.5 Å². The number of methoxy groups -OCH3 is 1. The Kier molecular flexibility index (Phi) is 6.42. The number of anilines is 2. The van der Waals surface area contributed by atoms with E-state index in [4.69, 9.17) is 9.47 Å². The van der Waals surface area contributed by atoms with Crippen molar-refractivity contribution >= 4 is 45.0 Å². The molecule has 0 amide bonds. The van der Waals surface area contributed by atoms with Crippen molar-refractivity contribution in [1.82, 2.24) is 9.97 Å². The normalized spacial score (nSPS) is 10.7. The van der Waals surface area contributed by atoms with Crippen LogP contribution in [-0.4, -0.2) is 35.6 Å². The summed E-state index contributed by atoms with van der Waals surface area (Å²) < 4.78 is 10.2. The highest BCUT2D eigenvalue weighted by atomic mass is 32.1. The molecule has 2 heterocycles. The molecule has 0 aliphatic heterocycles. The van der Waals surface area contributed by atoms with Gasteiger partial charge in [-0.05, 0) is 42.3 Å². The van der Waals surface area contributed by atoms with E-state index in [1.54, 1.807) is 24.3 Å². The Balaban J connectivity index is 1.52. The Labute approximate surface area is 189 Å². The van der Waals surface area contributed by atoms with E-state index in [2.05, 4.69) is 15.3 Å². The number of ether oxygens (including phenoxy) is 2. The lowest BCUT2D eigenvalue weighted by Gasteiger charge is -2.08. The van der Waals surface area contributed by atoms with Crippen molar-refractivity contribution in [2.45, 2.75) is 13.3 Å². The molecule has 32 heavy (non-hydrogen) atoms. The topological polar surface area (TPSA) is 90.4 Å². The minimum Gasteiger partial charge on any atom is -0.465 e. The van der Waals surface area contributed by atoms with Gasteiger partial charge in [0, 0.05) is 12.1 Å². The highest BCUT2D eigenvalue weighted by Crippen LogP contribution is 2.34. The molecule has 2 aromatic heterocycles. The third-order valence-electron chi connectivity index (χ3n) is 4.95. The number of benzene rings is 2. The van der Waals surface area contributed by atoms with Gasteiger partial charge in [0.15, 0.2) is 0 Å². The fourth-order valence-corrected chi connectivity index (χ4v) is 4.32. The first-order valence-corrected chi connectivity index (χ1v) is 10.8. The Bertz CT molecular complexity index is 1250. The first-order valence-electron chi connectivity index (χ1n) is 9.97. The van der Waals surface area contributed by atoms with E-state index in [0.29, 0.717) is 34.1 Å². The predicted octanol–water partition coefficient (Wildman–Crippen LogP) is 4.93. The number of nitrogens with one attached hydrogen (secondary N) is 1. The third kappa shape index (κ3) is 4.60. The summed E-state index contributed by atoms with van der Waals surface area (Å²) in [5.74, 6) is -0.183. The van der Waals surface area contributed by atoms with Crippen LogP contribution in [0.4, 0.5) is 11.5 Å². The first kappa shape index (κ1) is 21.5. The van der Waals surface area contributed by atoms with Gasteiger partial charge < -0.3 is 14.8 Å². The van der Waals surface area contributed by atoms with Crippen molar-refractivity contribution in [2.24, 2.45) is 0 Å². The van der Waals surface area contributed by atoms with Crippen LogP contribution in [0.2, 0.25) is 0 Å². The van der Waals surface area contributed by atoms with E-state index in [9.17, 15) is 9.59 Å². The number of hydrogen-bond acceptors (Lipinski definition) is 8. The zero-order chi connectivity index (χ0) is 22.5. The molecule has 1 N–H and O–H groups in total. The Morgan fingerprint density at radius 2 is 1.75 bits per heavy atom. The molecule has 4 aromatic rings. The van der Waals surface area contributed by atoms with Crippen LogP contribution < -0.4 is 5.32 Å². The fourth-order valence-electron chi connectivity index (χ4n) is 3.28. The number of carbonyl (C=O) groups is 2. The molecule has 8 heteroatoms. The average molecular weight is 448 g/mol.